The number of piperazine rings is 1. The van der Waals surface area contributed by atoms with Crippen LogP contribution < -0.4 is 15.1 Å². The first-order valence-corrected chi connectivity index (χ1v) is 10.0. The normalized spacial score (nSPS) is 14.8. The minimum Gasteiger partial charge on any atom is -0.372 e. The number of hydrogen-bond donors (Lipinski definition) is 1. The standard InChI is InChI=1S/C21H30N6O/c1-4-26(5-2)18-7-8-19(17(3)15-18)24-20(28)16-25-11-13-27(14-12-25)21-22-9-6-10-23-21/h6-10,15H,4-5,11-14,16H2,1-3H3,(H,24,28). The highest BCUT2D eigenvalue weighted by Gasteiger charge is 2.20. The topological polar surface area (TPSA) is 64.6 Å². The summed E-state index contributed by atoms with van der Waals surface area (Å²) in [4.78, 5) is 27.7. The maximum absolute atomic E-state index is 12.5. The molecule has 0 bridgehead atoms. The van der Waals surface area contributed by atoms with E-state index in [0.717, 1.165) is 56.5 Å². The van der Waals surface area contributed by atoms with Gasteiger partial charge < -0.3 is 15.1 Å². The van der Waals surface area contributed by atoms with E-state index in [1.165, 1.54) is 5.69 Å². The SMILES string of the molecule is CCN(CC)c1ccc(NC(=O)CN2CCN(c3ncccn3)CC2)c(C)c1. The maximum atomic E-state index is 12.5. The number of carbonyl (C=O) groups excluding carboxylic acids is 1. The molecule has 0 spiro atoms. The van der Waals surface area contributed by atoms with Crippen LogP contribution in [-0.2, 0) is 4.79 Å². The molecule has 1 saturated heterocycles. The lowest BCUT2D eigenvalue weighted by Crippen LogP contribution is -2.49. The predicted molar refractivity (Wildman–Crippen MR) is 114 cm³/mol. The van der Waals surface area contributed by atoms with Crippen molar-refractivity contribution >= 4 is 23.2 Å². The third-order valence-corrected chi connectivity index (χ3v) is 5.19. The molecule has 0 aliphatic carbocycles. The third-order valence-electron chi connectivity index (χ3n) is 5.19. The number of amides is 1. The predicted octanol–water partition coefficient (Wildman–Crippen LogP) is 2.39. The molecule has 1 amide bonds. The van der Waals surface area contributed by atoms with Gasteiger partial charge >= 0.3 is 0 Å². The first kappa shape index (κ1) is 20.1. The molecular weight excluding hydrogens is 352 g/mol. The Balaban J connectivity index is 1.51. The van der Waals surface area contributed by atoms with E-state index in [-0.39, 0.29) is 5.91 Å². The molecule has 2 aromatic rings. The van der Waals surface area contributed by atoms with Crippen molar-refractivity contribution in [3.8, 4) is 0 Å². The second-order valence-electron chi connectivity index (χ2n) is 7.03. The van der Waals surface area contributed by atoms with E-state index in [9.17, 15) is 4.79 Å². The smallest absolute Gasteiger partial charge is 0.238 e. The van der Waals surface area contributed by atoms with E-state index in [1.54, 1.807) is 12.4 Å². The van der Waals surface area contributed by atoms with Gasteiger partial charge in [0.05, 0.1) is 6.54 Å². The van der Waals surface area contributed by atoms with Crippen LogP contribution in [0, 0.1) is 6.92 Å². The second kappa shape index (κ2) is 9.50. The van der Waals surface area contributed by atoms with E-state index < -0.39 is 0 Å². The molecule has 1 aromatic heterocycles. The Bertz CT molecular complexity index is 770. The van der Waals surface area contributed by atoms with Crippen molar-refractivity contribution in [2.24, 2.45) is 0 Å². The van der Waals surface area contributed by atoms with Gasteiger partial charge in [-0.25, -0.2) is 9.97 Å². The first-order chi connectivity index (χ1) is 13.6. The van der Waals surface area contributed by atoms with Crippen molar-refractivity contribution in [2.45, 2.75) is 20.8 Å². The van der Waals surface area contributed by atoms with Crippen LogP contribution in [0.1, 0.15) is 19.4 Å². The van der Waals surface area contributed by atoms with Crippen LogP contribution >= 0.6 is 0 Å². The lowest BCUT2D eigenvalue weighted by atomic mass is 10.1. The summed E-state index contributed by atoms with van der Waals surface area (Å²) < 4.78 is 0. The van der Waals surface area contributed by atoms with E-state index in [1.807, 2.05) is 19.1 Å². The van der Waals surface area contributed by atoms with Crippen molar-refractivity contribution < 1.29 is 4.79 Å². The molecule has 1 aromatic carbocycles. The zero-order valence-corrected chi connectivity index (χ0v) is 17.1. The van der Waals surface area contributed by atoms with E-state index in [4.69, 9.17) is 0 Å². The molecule has 150 valence electrons. The number of carbonyl (C=O) groups is 1. The van der Waals surface area contributed by atoms with Gasteiger partial charge in [0.2, 0.25) is 11.9 Å². The van der Waals surface area contributed by atoms with Gasteiger partial charge in [-0.15, -0.1) is 0 Å². The summed E-state index contributed by atoms with van der Waals surface area (Å²) >= 11 is 0. The number of aromatic nitrogens is 2. The molecule has 1 aliphatic rings. The fourth-order valence-electron chi connectivity index (χ4n) is 3.53. The Morgan fingerprint density at radius 1 is 1.11 bits per heavy atom. The zero-order chi connectivity index (χ0) is 19.9. The molecule has 2 heterocycles. The van der Waals surface area contributed by atoms with Crippen LogP contribution in [0.2, 0.25) is 0 Å². The molecule has 7 heteroatoms. The molecule has 28 heavy (non-hydrogen) atoms. The van der Waals surface area contributed by atoms with Gasteiger partial charge in [-0.05, 0) is 50.6 Å². The number of benzene rings is 1. The number of nitrogens with zero attached hydrogens (tertiary/aromatic N) is 5. The van der Waals surface area contributed by atoms with Crippen LogP contribution in [-0.4, -0.2) is 66.6 Å². The van der Waals surface area contributed by atoms with E-state index >= 15 is 0 Å². The van der Waals surface area contributed by atoms with Gasteiger partial charge in [-0.2, -0.15) is 0 Å². The summed E-state index contributed by atoms with van der Waals surface area (Å²) in [5.74, 6) is 0.790. The van der Waals surface area contributed by atoms with Gasteiger partial charge in [0.15, 0.2) is 0 Å². The monoisotopic (exact) mass is 382 g/mol. The van der Waals surface area contributed by atoms with Crippen LogP contribution in [0.4, 0.5) is 17.3 Å². The maximum Gasteiger partial charge on any atom is 0.238 e. The lowest BCUT2D eigenvalue weighted by Gasteiger charge is -2.34. The fraction of sp³-hybridized carbons (Fsp3) is 0.476. The molecule has 0 atom stereocenters. The summed E-state index contributed by atoms with van der Waals surface area (Å²) in [6.45, 7) is 12.0. The van der Waals surface area contributed by atoms with Gasteiger partial charge in [0, 0.05) is 63.0 Å². The first-order valence-electron chi connectivity index (χ1n) is 10.0. The average Bonchev–Trinajstić information content (AvgIpc) is 2.72. The van der Waals surface area contributed by atoms with Crippen LogP contribution in [0.15, 0.2) is 36.7 Å². The molecule has 7 nitrogen and oxygen atoms in total. The summed E-state index contributed by atoms with van der Waals surface area (Å²) in [5.41, 5.74) is 3.17. The molecule has 1 fully saturated rings. The molecule has 0 unspecified atom stereocenters. The van der Waals surface area contributed by atoms with Crippen LogP contribution in [0.3, 0.4) is 0 Å². The van der Waals surface area contributed by atoms with E-state index in [2.05, 4.69) is 56.0 Å². The summed E-state index contributed by atoms with van der Waals surface area (Å²) in [6.07, 6.45) is 3.52. The Hall–Kier alpha value is -2.67. The number of hydrogen-bond acceptors (Lipinski definition) is 6. The molecule has 0 saturated carbocycles. The quantitative estimate of drug-likeness (QED) is 0.793. The van der Waals surface area contributed by atoms with Crippen molar-refractivity contribution in [1.82, 2.24) is 14.9 Å². The van der Waals surface area contributed by atoms with Gasteiger partial charge in [0.25, 0.3) is 0 Å². The van der Waals surface area contributed by atoms with Crippen molar-refractivity contribution in [2.75, 3.05) is 60.9 Å². The van der Waals surface area contributed by atoms with Crippen LogP contribution in [0.25, 0.3) is 0 Å². The van der Waals surface area contributed by atoms with Crippen LogP contribution in [0.5, 0.6) is 0 Å². The van der Waals surface area contributed by atoms with E-state index in [0.29, 0.717) is 6.54 Å². The molecular formula is C21H30N6O. The number of nitrogens with one attached hydrogen (secondary N) is 1. The molecule has 1 aliphatic heterocycles. The highest BCUT2D eigenvalue weighted by atomic mass is 16.2. The Labute approximate surface area is 167 Å². The lowest BCUT2D eigenvalue weighted by molar-refractivity contribution is -0.117. The number of aryl methyl sites for hydroxylation is 1. The Morgan fingerprint density at radius 3 is 2.39 bits per heavy atom. The van der Waals surface area contributed by atoms with Gasteiger partial charge in [-0.1, -0.05) is 0 Å². The highest BCUT2D eigenvalue weighted by Crippen LogP contribution is 2.22. The number of anilines is 3. The Morgan fingerprint density at radius 2 is 1.79 bits per heavy atom. The minimum absolute atomic E-state index is 0.0306. The molecule has 0 radical (unpaired) electrons. The number of rotatable bonds is 7. The van der Waals surface area contributed by atoms with Gasteiger partial charge in [-0.3, -0.25) is 9.69 Å². The Kier molecular flexibility index (Phi) is 6.81. The minimum atomic E-state index is 0.0306. The van der Waals surface area contributed by atoms with Crippen molar-refractivity contribution in [3.63, 3.8) is 0 Å². The summed E-state index contributed by atoms with van der Waals surface area (Å²) in [5, 5.41) is 3.07. The largest absolute Gasteiger partial charge is 0.372 e. The second-order valence-corrected chi connectivity index (χ2v) is 7.03. The average molecular weight is 383 g/mol. The summed E-state index contributed by atoms with van der Waals surface area (Å²) in [7, 11) is 0. The molecule has 1 N–H and O–H groups in total. The zero-order valence-electron chi connectivity index (χ0n) is 17.1. The van der Waals surface area contributed by atoms with Gasteiger partial charge in [0.1, 0.15) is 0 Å². The highest BCUT2D eigenvalue weighted by molar-refractivity contribution is 5.93. The fourth-order valence-corrected chi connectivity index (χ4v) is 3.53. The van der Waals surface area contributed by atoms with Crippen molar-refractivity contribution in [1.29, 1.82) is 0 Å². The third kappa shape index (κ3) is 4.98. The van der Waals surface area contributed by atoms with Crippen molar-refractivity contribution in [3.05, 3.63) is 42.2 Å². The summed E-state index contributed by atoms with van der Waals surface area (Å²) in [6, 6.07) is 8.04. The molecule has 3 rings (SSSR count).